The molecule has 0 bridgehead atoms. The molecule has 1 heterocycles. The molecule has 0 amide bonds. The van der Waals surface area contributed by atoms with Crippen molar-refractivity contribution in [3.63, 3.8) is 0 Å². The maximum absolute atomic E-state index is 3.71. The molecular weight excluding hydrogens is 74.1 g/mol. The Morgan fingerprint density at radius 1 is 1.33 bits per heavy atom. The largest absolute Gasteiger partial charge is 0.295 e. The third-order valence-corrected chi connectivity index (χ3v) is 0.894. The Bertz CT molecular complexity index is 58.3. The monoisotopic (exact) mass is 82.1 g/mol. The van der Waals surface area contributed by atoms with Crippen molar-refractivity contribution < 1.29 is 0 Å². The van der Waals surface area contributed by atoms with Gasteiger partial charge in [0.05, 0.1) is 0 Å². The molecule has 0 N–H and O–H groups in total. The zero-order valence-corrected chi connectivity index (χ0v) is 3.72. The molecule has 0 unspecified atom stereocenters. The standard InChI is InChI=1S/C5H8N/c1-6-4-2-3-5-6/h2-3H,1,4-5H2. The Kier molecular flexibility index (Phi) is 0.926. The van der Waals surface area contributed by atoms with Crippen LogP contribution in [0.5, 0.6) is 0 Å². The summed E-state index contributed by atoms with van der Waals surface area (Å²) in [4.78, 5) is 2.00. The molecule has 0 aromatic carbocycles. The molecule has 0 saturated heterocycles. The van der Waals surface area contributed by atoms with E-state index in [1.165, 1.54) is 0 Å². The molecule has 0 saturated carbocycles. The van der Waals surface area contributed by atoms with E-state index < -0.39 is 0 Å². The minimum absolute atomic E-state index is 1.03. The van der Waals surface area contributed by atoms with Crippen molar-refractivity contribution in [1.29, 1.82) is 0 Å². The van der Waals surface area contributed by atoms with E-state index in [9.17, 15) is 0 Å². The van der Waals surface area contributed by atoms with Crippen molar-refractivity contribution in [3.8, 4) is 0 Å². The molecule has 33 valence electrons. The molecule has 0 aromatic rings. The Morgan fingerprint density at radius 2 is 1.83 bits per heavy atom. The van der Waals surface area contributed by atoms with Crippen LogP contribution in [0.1, 0.15) is 0 Å². The fourth-order valence-corrected chi connectivity index (χ4v) is 0.522. The molecule has 0 aliphatic carbocycles. The number of hydrogen-bond donors (Lipinski definition) is 0. The first kappa shape index (κ1) is 3.88. The summed E-state index contributed by atoms with van der Waals surface area (Å²) in [6.07, 6.45) is 4.24. The molecule has 1 aliphatic rings. The van der Waals surface area contributed by atoms with Crippen molar-refractivity contribution in [2.45, 2.75) is 0 Å². The first-order valence-electron chi connectivity index (χ1n) is 2.10. The molecule has 1 nitrogen and oxygen atoms in total. The fraction of sp³-hybridized carbons (Fsp3) is 0.400. The highest BCUT2D eigenvalue weighted by molar-refractivity contribution is 4.94. The van der Waals surface area contributed by atoms with Gasteiger partial charge in [-0.25, -0.2) is 0 Å². The summed E-state index contributed by atoms with van der Waals surface area (Å²) in [7, 11) is 3.71. The molecular formula is C5H8N. The highest BCUT2D eigenvalue weighted by Gasteiger charge is 1.95. The van der Waals surface area contributed by atoms with Gasteiger partial charge in [0.15, 0.2) is 0 Å². The summed E-state index contributed by atoms with van der Waals surface area (Å²) in [5.74, 6) is 0. The van der Waals surface area contributed by atoms with E-state index in [1.54, 1.807) is 0 Å². The van der Waals surface area contributed by atoms with Crippen LogP contribution in [0.15, 0.2) is 12.2 Å². The van der Waals surface area contributed by atoms with Gasteiger partial charge in [-0.1, -0.05) is 12.2 Å². The highest BCUT2D eigenvalue weighted by atomic mass is 15.1. The van der Waals surface area contributed by atoms with Crippen molar-refractivity contribution in [3.05, 3.63) is 19.2 Å². The van der Waals surface area contributed by atoms with Gasteiger partial charge in [-0.2, -0.15) is 0 Å². The summed E-state index contributed by atoms with van der Waals surface area (Å²) >= 11 is 0. The second-order valence-electron chi connectivity index (χ2n) is 1.51. The summed E-state index contributed by atoms with van der Waals surface area (Å²) in [5, 5.41) is 0. The van der Waals surface area contributed by atoms with Gasteiger partial charge >= 0.3 is 0 Å². The van der Waals surface area contributed by atoms with Crippen LogP contribution in [0.3, 0.4) is 0 Å². The van der Waals surface area contributed by atoms with Crippen LogP contribution in [-0.2, 0) is 0 Å². The van der Waals surface area contributed by atoms with Gasteiger partial charge < -0.3 is 0 Å². The van der Waals surface area contributed by atoms with Crippen molar-refractivity contribution in [1.82, 2.24) is 4.90 Å². The van der Waals surface area contributed by atoms with Crippen LogP contribution in [0.25, 0.3) is 0 Å². The summed E-state index contributed by atoms with van der Waals surface area (Å²) in [6.45, 7) is 2.06. The lowest BCUT2D eigenvalue weighted by molar-refractivity contribution is 0.481. The molecule has 1 radical (unpaired) electrons. The van der Waals surface area contributed by atoms with Gasteiger partial charge in [-0.15, -0.1) is 0 Å². The Hall–Kier alpha value is -0.300. The van der Waals surface area contributed by atoms with Crippen LogP contribution in [0.2, 0.25) is 0 Å². The van der Waals surface area contributed by atoms with E-state index >= 15 is 0 Å². The van der Waals surface area contributed by atoms with E-state index in [1.807, 2.05) is 4.90 Å². The normalized spacial score (nSPS) is 22.8. The predicted molar refractivity (Wildman–Crippen MR) is 26.1 cm³/mol. The number of rotatable bonds is 0. The van der Waals surface area contributed by atoms with Crippen LogP contribution < -0.4 is 0 Å². The van der Waals surface area contributed by atoms with Gasteiger partial charge in [0.2, 0.25) is 0 Å². The molecule has 0 aromatic heterocycles. The second kappa shape index (κ2) is 1.43. The quantitative estimate of drug-likeness (QED) is 0.388. The number of hydrogen-bond acceptors (Lipinski definition) is 1. The van der Waals surface area contributed by atoms with Gasteiger partial charge in [-0.05, 0) is 0 Å². The van der Waals surface area contributed by atoms with Gasteiger partial charge in [-0.3, -0.25) is 4.90 Å². The van der Waals surface area contributed by atoms with E-state index in [0.717, 1.165) is 13.1 Å². The van der Waals surface area contributed by atoms with E-state index in [-0.39, 0.29) is 0 Å². The fourth-order valence-electron chi connectivity index (χ4n) is 0.522. The maximum atomic E-state index is 3.71. The third kappa shape index (κ3) is 0.601. The second-order valence-corrected chi connectivity index (χ2v) is 1.51. The molecule has 1 heteroatoms. The zero-order chi connectivity index (χ0) is 4.41. The number of nitrogens with zero attached hydrogens (tertiary/aromatic N) is 1. The predicted octanol–water partition coefficient (Wildman–Crippen LogP) is 0.650. The first-order valence-corrected chi connectivity index (χ1v) is 2.10. The SMILES string of the molecule is [CH2]N1CC=CC1. The minimum atomic E-state index is 1.03. The van der Waals surface area contributed by atoms with Crippen molar-refractivity contribution >= 4 is 0 Å². The molecule has 1 aliphatic heterocycles. The molecule has 6 heavy (non-hydrogen) atoms. The maximum Gasteiger partial charge on any atom is 0.0167 e. The summed E-state index contributed by atoms with van der Waals surface area (Å²) in [6, 6.07) is 0. The van der Waals surface area contributed by atoms with E-state index in [0.29, 0.717) is 0 Å². The van der Waals surface area contributed by atoms with Crippen LogP contribution >= 0.6 is 0 Å². The van der Waals surface area contributed by atoms with Crippen molar-refractivity contribution in [2.24, 2.45) is 0 Å². The molecule has 0 spiro atoms. The van der Waals surface area contributed by atoms with Gasteiger partial charge in [0, 0.05) is 20.1 Å². The van der Waals surface area contributed by atoms with E-state index in [4.69, 9.17) is 0 Å². The third-order valence-electron chi connectivity index (χ3n) is 0.894. The average Bonchev–Trinajstić information content (AvgIpc) is 1.86. The Morgan fingerprint density at radius 3 is 2.00 bits per heavy atom. The van der Waals surface area contributed by atoms with Gasteiger partial charge in [0.1, 0.15) is 0 Å². The van der Waals surface area contributed by atoms with Crippen LogP contribution in [-0.4, -0.2) is 18.0 Å². The lowest BCUT2D eigenvalue weighted by Crippen LogP contribution is -2.08. The summed E-state index contributed by atoms with van der Waals surface area (Å²) < 4.78 is 0. The first-order chi connectivity index (χ1) is 2.89. The molecule has 0 fully saturated rings. The minimum Gasteiger partial charge on any atom is -0.295 e. The average molecular weight is 82.1 g/mol. The summed E-state index contributed by atoms with van der Waals surface area (Å²) in [5.41, 5.74) is 0. The molecule has 0 atom stereocenters. The highest BCUT2D eigenvalue weighted by Crippen LogP contribution is 1.92. The van der Waals surface area contributed by atoms with Crippen LogP contribution in [0, 0.1) is 7.05 Å². The Balaban J connectivity index is 2.32. The van der Waals surface area contributed by atoms with Gasteiger partial charge in [0.25, 0.3) is 0 Å². The van der Waals surface area contributed by atoms with E-state index in [2.05, 4.69) is 19.2 Å². The topological polar surface area (TPSA) is 3.24 Å². The van der Waals surface area contributed by atoms with Crippen molar-refractivity contribution in [2.75, 3.05) is 13.1 Å². The van der Waals surface area contributed by atoms with Crippen LogP contribution in [0.4, 0.5) is 0 Å². The lowest BCUT2D eigenvalue weighted by Gasteiger charge is -2.01. The smallest absolute Gasteiger partial charge is 0.0167 e. The zero-order valence-electron chi connectivity index (χ0n) is 3.72. The Labute approximate surface area is 38.3 Å². The lowest BCUT2D eigenvalue weighted by atomic mass is 10.6. The molecule has 1 rings (SSSR count).